The number of pyridine rings is 1. The van der Waals surface area contributed by atoms with Crippen molar-refractivity contribution in [3.8, 4) is 0 Å². The Morgan fingerprint density at radius 1 is 1.17 bits per heavy atom. The number of rotatable bonds is 2. The molecule has 0 aliphatic rings. The minimum Gasteiger partial charge on any atom is -0.332 e. The van der Waals surface area contributed by atoms with Gasteiger partial charge in [0.05, 0.1) is 0 Å². The van der Waals surface area contributed by atoms with Gasteiger partial charge < -0.3 is 10.6 Å². The zero-order valence-electron chi connectivity index (χ0n) is 9.77. The Morgan fingerprint density at radius 3 is 2.56 bits per heavy atom. The third-order valence-electron chi connectivity index (χ3n) is 2.34. The van der Waals surface area contributed by atoms with Crippen molar-refractivity contribution in [2.24, 2.45) is 0 Å². The lowest BCUT2D eigenvalue weighted by atomic mass is 10.3. The van der Waals surface area contributed by atoms with Gasteiger partial charge in [-0.15, -0.1) is 0 Å². The molecule has 0 saturated carbocycles. The maximum atomic E-state index is 12.7. The van der Waals surface area contributed by atoms with Crippen LogP contribution in [0.1, 0.15) is 5.56 Å². The summed E-state index contributed by atoms with van der Waals surface area (Å²) in [5.74, 6) is 0.428. The monoisotopic (exact) mass is 261 g/mol. The number of halogens is 1. The largest absolute Gasteiger partial charge is 0.332 e. The second-order valence-electron chi connectivity index (χ2n) is 3.75. The van der Waals surface area contributed by atoms with Gasteiger partial charge >= 0.3 is 0 Å². The Bertz CT molecular complexity index is 554. The van der Waals surface area contributed by atoms with Crippen molar-refractivity contribution in [1.29, 1.82) is 0 Å². The van der Waals surface area contributed by atoms with E-state index < -0.39 is 0 Å². The van der Waals surface area contributed by atoms with Crippen LogP contribution in [-0.4, -0.2) is 10.1 Å². The highest BCUT2D eigenvalue weighted by Crippen LogP contribution is 2.11. The first-order valence-electron chi connectivity index (χ1n) is 5.40. The van der Waals surface area contributed by atoms with Crippen molar-refractivity contribution < 1.29 is 4.39 Å². The Labute approximate surface area is 110 Å². The quantitative estimate of drug-likeness (QED) is 0.813. The molecule has 0 radical (unpaired) electrons. The summed E-state index contributed by atoms with van der Waals surface area (Å²) in [5.41, 5.74) is 1.73. The van der Waals surface area contributed by atoms with Crippen LogP contribution >= 0.6 is 12.2 Å². The standard InChI is InChI=1S/C13H12FN3S/c1-9-3-2-8-15-12(9)17-13(18)16-11-6-4-10(14)5-7-11/h2-8H,1H3,(H2,15,16,17,18). The molecule has 3 nitrogen and oxygen atoms in total. The predicted molar refractivity (Wildman–Crippen MR) is 75.2 cm³/mol. The Kier molecular flexibility index (Phi) is 3.84. The molecule has 2 aromatic rings. The molecule has 0 unspecified atom stereocenters. The minimum atomic E-state index is -0.278. The van der Waals surface area contributed by atoms with Crippen LogP contribution in [0.2, 0.25) is 0 Å². The van der Waals surface area contributed by atoms with Crippen LogP contribution in [0.25, 0.3) is 0 Å². The molecule has 0 bridgehead atoms. The first-order valence-corrected chi connectivity index (χ1v) is 5.81. The lowest BCUT2D eigenvalue weighted by Gasteiger charge is -2.11. The minimum absolute atomic E-state index is 0.278. The van der Waals surface area contributed by atoms with Crippen molar-refractivity contribution in [2.75, 3.05) is 10.6 Å². The van der Waals surface area contributed by atoms with E-state index in [2.05, 4.69) is 15.6 Å². The van der Waals surface area contributed by atoms with Gasteiger partial charge in [-0.3, -0.25) is 0 Å². The average Bonchev–Trinajstić information content (AvgIpc) is 2.35. The lowest BCUT2D eigenvalue weighted by Crippen LogP contribution is -2.20. The summed E-state index contributed by atoms with van der Waals surface area (Å²) in [6.07, 6.45) is 1.69. The van der Waals surface area contributed by atoms with Crippen LogP contribution in [-0.2, 0) is 0 Å². The van der Waals surface area contributed by atoms with Gasteiger partial charge in [-0.25, -0.2) is 9.37 Å². The molecule has 5 heteroatoms. The fourth-order valence-corrected chi connectivity index (χ4v) is 1.63. The Hall–Kier alpha value is -2.01. The van der Waals surface area contributed by atoms with Gasteiger partial charge in [0, 0.05) is 11.9 Å². The average molecular weight is 261 g/mol. The van der Waals surface area contributed by atoms with Crippen molar-refractivity contribution in [3.05, 3.63) is 54.0 Å². The van der Waals surface area contributed by atoms with Crippen molar-refractivity contribution in [1.82, 2.24) is 4.98 Å². The molecule has 0 amide bonds. The van der Waals surface area contributed by atoms with Crippen LogP contribution < -0.4 is 10.6 Å². The summed E-state index contributed by atoms with van der Waals surface area (Å²) in [4.78, 5) is 4.18. The second-order valence-corrected chi connectivity index (χ2v) is 4.16. The molecule has 18 heavy (non-hydrogen) atoms. The summed E-state index contributed by atoms with van der Waals surface area (Å²) >= 11 is 5.15. The maximum absolute atomic E-state index is 12.7. The van der Waals surface area contributed by atoms with E-state index in [0.29, 0.717) is 10.9 Å². The molecule has 1 heterocycles. The predicted octanol–water partition coefficient (Wildman–Crippen LogP) is 3.34. The summed E-state index contributed by atoms with van der Waals surface area (Å²) in [6.45, 7) is 1.94. The lowest BCUT2D eigenvalue weighted by molar-refractivity contribution is 0.628. The van der Waals surface area contributed by atoms with Crippen molar-refractivity contribution >= 4 is 28.8 Å². The molecule has 92 valence electrons. The fraction of sp³-hybridized carbons (Fsp3) is 0.0769. The molecule has 0 aliphatic heterocycles. The molecule has 0 aliphatic carbocycles. The van der Waals surface area contributed by atoms with Gasteiger partial charge in [-0.1, -0.05) is 6.07 Å². The van der Waals surface area contributed by atoms with Crippen LogP contribution in [0.4, 0.5) is 15.9 Å². The van der Waals surface area contributed by atoms with Gasteiger partial charge in [0.1, 0.15) is 11.6 Å². The normalized spacial score (nSPS) is 9.89. The molecular formula is C13H12FN3S. The maximum Gasteiger partial charge on any atom is 0.176 e. The third kappa shape index (κ3) is 3.24. The van der Waals surface area contributed by atoms with E-state index in [-0.39, 0.29) is 5.82 Å². The number of nitrogens with zero attached hydrogens (tertiary/aromatic N) is 1. The zero-order chi connectivity index (χ0) is 13.0. The number of aromatic nitrogens is 1. The van der Waals surface area contributed by atoms with Crippen LogP contribution in [0.5, 0.6) is 0 Å². The first kappa shape index (κ1) is 12.4. The molecule has 1 aromatic heterocycles. The molecule has 0 atom stereocenters. The number of aryl methyl sites for hydroxylation is 1. The highest BCUT2D eigenvalue weighted by atomic mass is 32.1. The van der Waals surface area contributed by atoms with Gasteiger partial charge in [0.2, 0.25) is 0 Å². The van der Waals surface area contributed by atoms with Gasteiger partial charge in [0.25, 0.3) is 0 Å². The van der Waals surface area contributed by atoms with E-state index in [0.717, 1.165) is 11.3 Å². The van der Waals surface area contributed by atoms with Crippen molar-refractivity contribution in [3.63, 3.8) is 0 Å². The van der Waals surface area contributed by atoms with Crippen LogP contribution in [0, 0.1) is 12.7 Å². The summed E-state index contributed by atoms with van der Waals surface area (Å²) in [6, 6.07) is 9.78. The number of hydrogen-bond donors (Lipinski definition) is 2. The molecule has 0 spiro atoms. The number of anilines is 2. The number of benzene rings is 1. The van der Waals surface area contributed by atoms with Crippen molar-refractivity contribution in [2.45, 2.75) is 6.92 Å². The SMILES string of the molecule is Cc1cccnc1NC(=S)Nc1ccc(F)cc1. The molecule has 2 N–H and O–H groups in total. The van der Waals surface area contributed by atoms with E-state index in [9.17, 15) is 4.39 Å². The summed E-state index contributed by atoms with van der Waals surface area (Å²) in [7, 11) is 0. The zero-order valence-corrected chi connectivity index (χ0v) is 10.6. The number of thiocarbonyl (C=S) groups is 1. The molecule has 2 rings (SSSR count). The van der Waals surface area contributed by atoms with Crippen LogP contribution in [0.3, 0.4) is 0 Å². The Morgan fingerprint density at radius 2 is 1.89 bits per heavy atom. The Balaban J connectivity index is 2.01. The topological polar surface area (TPSA) is 37.0 Å². The van der Waals surface area contributed by atoms with E-state index in [1.54, 1.807) is 18.3 Å². The number of hydrogen-bond acceptors (Lipinski definition) is 2. The van der Waals surface area contributed by atoms with Gasteiger partial charge in [0.15, 0.2) is 5.11 Å². The molecule has 0 fully saturated rings. The summed E-state index contributed by atoms with van der Waals surface area (Å²) in [5, 5.41) is 6.37. The van der Waals surface area contributed by atoms with E-state index >= 15 is 0 Å². The smallest absolute Gasteiger partial charge is 0.176 e. The molecule has 1 aromatic carbocycles. The fourth-order valence-electron chi connectivity index (χ4n) is 1.42. The summed E-state index contributed by atoms with van der Waals surface area (Å²) < 4.78 is 12.7. The number of nitrogens with one attached hydrogen (secondary N) is 2. The van der Waals surface area contributed by atoms with Gasteiger partial charge in [-0.2, -0.15) is 0 Å². The van der Waals surface area contributed by atoms with E-state index in [1.807, 2.05) is 19.1 Å². The highest BCUT2D eigenvalue weighted by Gasteiger charge is 2.02. The highest BCUT2D eigenvalue weighted by molar-refractivity contribution is 7.80. The molecule has 0 saturated heterocycles. The van der Waals surface area contributed by atoms with Crippen LogP contribution in [0.15, 0.2) is 42.6 Å². The third-order valence-corrected chi connectivity index (χ3v) is 2.55. The first-order chi connectivity index (χ1) is 8.65. The van der Waals surface area contributed by atoms with Gasteiger partial charge in [-0.05, 0) is 55.0 Å². The van der Waals surface area contributed by atoms with E-state index in [4.69, 9.17) is 12.2 Å². The molecular weight excluding hydrogens is 249 g/mol. The van der Waals surface area contributed by atoms with E-state index in [1.165, 1.54) is 12.1 Å². The second kappa shape index (κ2) is 5.55.